The summed E-state index contributed by atoms with van der Waals surface area (Å²) >= 11 is 0.819. The van der Waals surface area contributed by atoms with Gasteiger partial charge in [0.25, 0.3) is 5.69 Å². The molecular weight excluding hydrogens is 488 g/mol. The number of aromatic amines is 1. The molecule has 4 rings (SSSR count). The monoisotopic (exact) mass is 508 g/mol. The number of nitrogens with zero attached hydrogens (tertiary/aromatic N) is 3. The van der Waals surface area contributed by atoms with Crippen LogP contribution in [0.4, 0.5) is 5.69 Å². The second-order valence-electron chi connectivity index (χ2n) is 7.46. The topological polar surface area (TPSA) is 154 Å². The van der Waals surface area contributed by atoms with E-state index in [4.69, 9.17) is 13.9 Å². The third kappa shape index (κ3) is 5.39. The number of rotatable bonds is 9. The van der Waals surface area contributed by atoms with Crippen molar-refractivity contribution in [2.24, 2.45) is 0 Å². The number of nitrogens with one attached hydrogen (secondary N) is 1. The highest BCUT2D eigenvalue weighted by Crippen LogP contribution is 2.34. The van der Waals surface area contributed by atoms with E-state index in [-0.39, 0.29) is 27.3 Å². The minimum atomic E-state index is -1.21. The van der Waals surface area contributed by atoms with Crippen LogP contribution in [0.15, 0.2) is 63.0 Å². The van der Waals surface area contributed by atoms with Crippen LogP contribution in [0.5, 0.6) is 11.5 Å². The van der Waals surface area contributed by atoms with Crippen molar-refractivity contribution in [2.45, 2.75) is 12.1 Å². The molecule has 0 spiro atoms. The molecule has 0 bridgehead atoms. The number of nitro benzene ring substituents is 1. The van der Waals surface area contributed by atoms with E-state index in [0.717, 1.165) is 17.3 Å². The van der Waals surface area contributed by atoms with Crippen LogP contribution < -0.4 is 9.47 Å². The zero-order valence-corrected chi connectivity index (χ0v) is 20.2. The van der Waals surface area contributed by atoms with Crippen LogP contribution in [0, 0.1) is 17.0 Å². The van der Waals surface area contributed by atoms with E-state index in [0.29, 0.717) is 28.5 Å². The zero-order valence-electron chi connectivity index (χ0n) is 19.3. The molecule has 0 aliphatic heterocycles. The maximum atomic E-state index is 11.9. The number of aryl methyl sites for hydroxylation is 1. The third-order valence-electron chi connectivity index (χ3n) is 5.02. The van der Waals surface area contributed by atoms with Gasteiger partial charge in [-0.25, -0.2) is 9.78 Å². The number of furan rings is 1. The van der Waals surface area contributed by atoms with Crippen LogP contribution in [-0.2, 0) is 4.79 Å². The fourth-order valence-corrected chi connectivity index (χ4v) is 3.99. The SMILES string of the molecule is COc1cc(OC)cc(-c2nc(S/C(=C\c3ccc(-c4ccc(C)cc4[N+](=O)[O-])o3)C(=O)O)n[nH]2)c1. The first-order valence-corrected chi connectivity index (χ1v) is 11.2. The fraction of sp³-hybridized carbons (Fsp3) is 0.125. The smallest absolute Gasteiger partial charge is 0.342 e. The summed E-state index contributed by atoms with van der Waals surface area (Å²) in [5.74, 6) is 0.750. The lowest BCUT2D eigenvalue weighted by molar-refractivity contribution is -0.384. The molecule has 0 radical (unpaired) electrons. The first kappa shape index (κ1) is 24.5. The number of carbonyl (C=O) groups is 1. The number of nitro groups is 1. The summed E-state index contributed by atoms with van der Waals surface area (Å²) < 4.78 is 16.2. The standard InChI is InChI=1S/C24H20N4O7S/c1-13-4-6-18(19(8-13)28(31)32)20-7-5-15(35-20)12-21(23(29)30)36-24-25-22(26-27-24)14-9-16(33-2)11-17(10-14)34-3/h4-12H,1-3H3,(H,29,30)(H,25,26,27)/b21-12-. The van der Waals surface area contributed by atoms with Crippen molar-refractivity contribution in [1.29, 1.82) is 0 Å². The van der Waals surface area contributed by atoms with E-state index >= 15 is 0 Å². The Morgan fingerprint density at radius 2 is 1.86 bits per heavy atom. The summed E-state index contributed by atoms with van der Waals surface area (Å²) in [4.78, 5) is 27.1. The lowest BCUT2D eigenvalue weighted by Gasteiger charge is -2.06. The lowest BCUT2D eigenvalue weighted by Crippen LogP contribution is -1.97. The highest BCUT2D eigenvalue weighted by Gasteiger charge is 2.20. The van der Waals surface area contributed by atoms with Crippen molar-refractivity contribution in [2.75, 3.05) is 14.2 Å². The van der Waals surface area contributed by atoms with E-state index < -0.39 is 10.9 Å². The van der Waals surface area contributed by atoms with Gasteiger partial charge in [0, 0.05) is 23.8 Å². The molecule has 0 fully saturated rings. The molecule has 184 valence electrons. The maximum Gasteiger partial charge on any atom is 0.342 e. The van der Waals surface area contributed by atoms with E-state index in [1.54, 1.807) is 43.3 Å². The first-order chi connectivity index (χ1) is 17.3. The molecule has 0 unspecified atom stereocenters. The summed E-state index contributed by atoms with van der Waals surface area (Å²) in [6.07, 6.45) is 1.31. The molecule has 2 aromatic carbocycles. The van der Waals surface area contributed by atoms with Crippen molar-refractivity contribution in [1.82, 2.24) is 15.2 Å². The Bertz CT molecular complexity index is 1450. The van der Waals surface area contributed by atoms with Crippen LogP contribution in [0.2, 0.25) is 0 Å². The summed E-state index contributed by atoms with van der Waals surface area (Å²) in [6, 6.07) is 13.0. The van der Waals surface area contributed by atoms with E-state index in [1.807, 2.05) is 0 Å². The van der Waals surface area contributed by atoms with Gasteiger partial charge in [-0.2, -0.15) is 0 Å². The van der Waals surface area contributed by atoms with Crippen molar-refractivity contribution in [3.05, 3.63) is 74.9 Å². The van der Waals surface area contributed by atoms with Gasteiger partial charge in [0.05, 0.1) is 24.7 Å². The summed E-state index contributed by atoms with van der Waals surface area (Å²) in [5, 5.41) is 28.2. The van der Waals surface area contributed by atoms with Crippen LogP contribution >= 0.6 is 11.8 Å². The lowest BCUT2D eigenvalue weighted by atomic mass is 10.1. The van der Waals surface area contributed by atoms with E-state index in [2.05, 4.69) is 15.2 Å². The van der Waals surface area contributed by atoms with Crippen molar-refractivity contribution in [3.8, 4) is 34.2 Å². The Morgan fingerprint density at radius 1 is 1.14 bits per heavy atom. The molecule has 2 heterocycles. The number of thioether (sulfide) groups is 1. The molecule has 12 heteroatoms. The molecule has 0 atom stereocenters. The Labute approximate surface area is 208 Å². The van der Waals surface area contributed by atoms with Gasteiger partial charge in [0.15, 0.2) is 5.82 Å². The first-order valence-electron chi connectivity index (χ1n) is 10.4. The summed E-state index contributed by atoms with van der Waals surface area (Å²) in [5.41, 5.74) is 1.57. The van der Waals surface area contributed by atoms with Crippen molar-refractivity contribution < 1.29 is 28.7 Å². The van der Waals surface area contributed by atoms with Crippen LogP contribution in [-0.4, -0.2) is 45.4 Å². The molecule has 2 N–H and O–H groups in total. The van der Waals surface area contributed by atoms with Gasteiger partial charge in [0.2, 0.25) is 5.16 Å². The molecule has 0 aliphatic carbocycles. The quantitative estimate of drug-likeness (QED) is 0.134. The zero-order chi connectivity index (χ0) is 25.8. The molecule has 0 saturated heterocycles. The molecule has 36 heavy (non-hydrogen) atoms. The Hall–Kier alpha value is -4.58. The van der Waals surface area contributed by atoms with Gasteiger partial charge in [-0.15, -0.1) is 5.10 Å². The van der Waals surface area contributed by atoms with Crippen LogP contribution in [0.3, 0.4) is 0 Å². The van der Waals surface area contributed by atoms with Crippen molar-refractivity contribution in [3.63, 3.8) is 0 Å². The van der Waals surface area contributed by atoms with Gasteiger partial charge in [0.1, 0.15) is 27.9 Å². The summed E-state index contributed by atoms with van der Waals surface area (Å²) in [6.45, 7) is 1.75. The normalized spacial score (nSPS) is 11.4. The van der Waals surface area contributed by atoms with E-state index in [1.165, 1.54) is 32.4 Å². The van der Waals surface area contributed by atoms with Crippen LogP contribution in [0.1, 0.15) is 11.3 Å². The highest BCUT2D eigenvalue weighted by atomic mass is 32.2. The minimum absolute atomic E-state index is 0.102. The molecule has 0 amide bonds. The number of benzene rings is 2. The van der Waals surface area contributed by atoms with Crippen LogP contribution in [0.25, 0.3) is 28.8 Å². The second-order valence-corrected chi connectivity index (χ2v) is 8.47. The molecule has 11 nitrogen and oxygen atoms in total. The molecule has 0 saturated carbocycles. The Kier molecular flexibility index (Phi) is 7.06. The average molecular weight is 509 g/mol. The highest BCUT2D eigenvalue weighted by molar-refractivity contribution is 8.04. The molecule has 0 aliphatic rings. The van der Waals surface area contributed by atoms with E-state index in [9.17, 15) is 20.0 Å². The number of carboxylic acids is 1. The second kappa shape index (κ2) is 10.4. The van der Waals surface area contributed by atoms with Gasteiger partial charge in [-0.05, 0) is 54.6 Å². The Morgan fingerprint density at radius 3 is 2.50 bits per heavy atom. The fourth-order valence-electron chi connectivity index (χ4n) is 3.30. The number of aliphatic carboxylic acids is 1. The predicted octanol–water partition coefficient (Wildman–Crippen LogP) is 5.18. The summed E-state index contributed by atoms with van der Waals surface area (Å²) in [7, 11) is 3.06. The third-order valence-corrected chi connectivity index (χ3v) is 5.89. The molecule has 4 aromatic rings. The van der Waals surface area contributed by atoms with Crippen molar-refractivity contribution >= 4 is 29.5 Å². The van der Waals surface area contributed by atoms with Gasteiger partial charge < -0.3 is 19.0 Å². The number of H-pyrrole nitrogens is 1. The molecule has 2 aromatic heterocycles. The maximum absolute atomic E-state index is 11.9. The number of aromatic nitrogens is 3. The van der Waals surface area contributed by atoms with Gasteiger partial charge in [-0.1, -0.05) is 6.07 Å². The number of hydrogen-bond donors (Lipinski definition) is 2. The molecular formula is C24H20N4O7S. The largest absolute Gasteiger partial charge is 0.497 e. The Balaban J connectivity index is 1.60. The predicted molar refractivity (Wildman–Crippen MR) is 132 cm³/mol. The van der Waals surface area contributed by atoms with Gasteiger partial charge in [-0.3, -0.25) is 15.2 Å². The minimum Gasteiger partial charge on any atom is -0.497 e. The van der Waals surface area contributed by atoms with Gasteiger partial charge >= 0.3 is 5.97 Å². The number of ether oxygens (including phenoxy) is 2. The number of hydrogen-bond acceptors (Lipinski definition) is 9. The number of carboxylic acid groups (broad SMARTS) is 1. The number of methoxy groups -OCH3 is 2. The average Bonchev–Trinajstić information content (AvgIpc) is 3.53.